The van der Waals surface area contributed by atoms with Crippen LogP contribution in [0.4, 0.5) is 0 Å². The molecule has 0 amide bonds. The molecule has 1 nitrogen and oxygen atoms in total. The monoisotopic (exact) mass is 230 g/mol. The van der Waals surface area contributed by atoms with E-state index in [1.807, 2.05) is 0 Å². The van der Waals surface area contributed by atoms with E-state index in [0.29, 0.717) is 11.7 Å². The summed E-state index contributed by atoms with van der Waals surface area (Å²) in [4.78, 5) is 11.8. The number of hydrogen-bond donors (Lipinski definition) is 0. The standard InChI is InChI=1S/C16H22O/c1-13-10-11-16(17)15(12-13)9-5-8-14-6-3-2-4-7-14/h2-4,6-7,13,15H,5,8-12H2,1H3. The molecule has 0 bridgehead atoms. The second-order valence-electron chi connectivity index (χ2n) is 5.42. The van der Waals surface area contributed by atoms with Gasteiger partial charge in [-0.1, -0.05) is 37.3 Å². The summed E-state index contributed by atoms with van der Waals surface area (Å²) in [6, 6.07) is 10.6. The predicted octanol–water partition coefficient (Wildman–Crippen LogP) is 4.01. The number of rotatable bonds is 4. The number of hydrogen-bond acceptors (Lipinski definition) is 1. The maximum absolute atomic E-state index is 11.8. The third-order valence-corrected chi connectivity index (χ3v) is 3.89. The SMILES string of the molecule is CC1CCC(=O)C(CCCc2ccccc2)C1. The van der Waals surface area contributed by atoms with Crippen LogP contribution in [0.25, 0.3) is 0 Å². The number of ketones is 1. The van der Waals surface area contributed by atoms with Gasteiger partial charge in [-0.15, -0.1) is 0 Å². The fourth-order valence-corrected chi connectivity index (χ4v) is 2.80. The van der Waals surface area contributed by atoms with Crippen molar-refractivity contribution in [3.8, 4) is 0 Å². The zero-order valence-electron chi connectivity index (χ0n) is 10.7. The molecular weight excluding hydrogens is 208 g/mol. The molecular formula is C16H22O. The zero-order chi connectivity index (χ0) is 12.1. The minimum Gasteiger partial charge on any atom is -0.299 e. The van der Waals surface area contributed by atoms with Gasteiger partial charge in [-0.25, -0.2) is 0 Å². The lowest BCUT2D eigenvalue weighted by atomic mass is 9.79. The van der Waals surface area contributed by atoms with Crippen molar-refractivity contribution in [3.05, 3.63) is 35.9 Å². The van der Waals surface area contributed by atoms with Crippen molar-refractivity contribution in [1.82, 2.24) is 0 Å². The normalized spacial score (nSPS) is 24.9. The third kappa shape index (κ3) is 3.69. The van der Waals surface area contributed by atoms with Crippen molar-refractivity contribution < 1.29 is 4.79 Å². The summed E-state index contributed by atoms with van der Waals surface area (Å²) in [6.45, 7) is 2.27. The molecule has 1 aromatic rings. The first-order valence-electron chi connectivity index (χ1n) is 6.82. The van der Waals surface area contributed by atoms with Gasteiger partial charge in [0.05, 0.1) is 0 Å². The van der Waals surface area contributed by atoms with Crippen molar-refractivity contribution in [2.45, 2.75) is 45.4 Å². The molecule has 0 radical (unpaired) electrons. The molecule has 0 aromatic heterocycles. The molecule has 0 saturated heterocycles. The van der Waals surface area contributed by atoms with Gasteiger partial charge in [-0.3, -0.25) is 4.79 Å². The highest BCUT2D eigenvalue weighted by Crippen LogP contribution is 2.29. The Labute approximate surface area is 104 Å². The Morgan fingerprint density at radius 1 is 1.24 bits per heavy atom. The molecule has 1 aromatic carbocycles. The lowest BCUT2D eigenvalue weighted by molar-refractivity contribution is -0.125. The Balaban J connectivity index is 1.76. The van der Waals surface area contributed by atoms with Crippen LogP contribution in [0.15, 0.2) is 30.3 Å². The third-order valence-electron chi connectivity index (χ3n) is 3.89. The Bertz CT molecular complexity index is 355. The number of carbonyl (C=O) groups is 1. The number of benzene rings is 1. The molecule has 1 saturated carbocycles. The van der Waals surface area contributed by atoms with Crippen LogP contribution in [0.5, 0.6) is 0 Å². The van der Waals surface area contributed by atoms with Gasteiger partial charge in [0, 0.05) is 12.3 Å². The van der Waals surface area contributed by atoms with Crippen molar-refractivity contribution in [3.63, 3.8) is 0 Å². The van der Waals surface area contributed by atoms with Crippen LogP contribution in [-0.4, -0.2) is 5.78 Å². The van der Waals surface area contributed by atoms with Crippen LogP contribution in [0, 0.1) is 11.8 Å². The summed E-state index contributed by atoms with van der Waals surface area (Å²) in [5, 5.41) is 0. The largest absolute Gasteiger partial charge is 0.299 e. The molecule has 0 aliphatic heterocycles. The molecule has 0 N–H and O–H groups in total. The summed E-state index contributed by atoms with van der Waals surface area (Å²) in [7, 11) is 0. The molecule has 17 heavy (non-hydrogen) atoms. The first-order valence-corrected chi connectivity index (χ1v) is 6.82. The smallest absolute Gasteiger partial charge is 0.135 e. The van der Waals surface area contributed by atoms with E-state index in [1.165, 1.54) is 5.56 Å². The van der Waals surface area contributed by atoms with Crippen molar-refractivity contribution >= 4 is 5.78 Å². The van der Waals surface area contributed by atoms with Gasteiger partial charge in [0.15, 0.2) is 0 Å². The Kier molecular flexibility index (Phi) is 4.36. The van der Waals surface area contributed by atoms with Crippen molar-refractivity contribution in [2.75, 3.05) is 0 Å². The molecule has 1 aliphatic carbocycles. The lowest BCUT2D eigenvalue weighted by Crippen LogP contribution is -2.23. The highest BCUT2D eigenvalue weighted by Gasteiger charge is 2.25. The van der Waals surface area contributed by atoms with E-state index in [4.69, 9.17) is 0 Å². The van der Waals surface area contributed by atoms with Gasteiger partial charge < -0.3 is 0 Å². The topological polar surface area (TPSA) is 17.1 Å². The first-order chi connectivity index (χ1) is 8.25. The highest BCUT2D eigenvalue weighted by molar-refractivity contribution is 5.81. The van der Waals surface area contributed by atoms with Crippen LogP contribution in [0.1, 0.15) is 44.6 Å². The summed E-state index contributed by atoms with van der Waals surface area (Å²) in [6.07, 6.45) is 6.38. The molecule has 0 spiro atoms. The molecule has 92 valence electrons. The summed E-state index contributed by atoms with van der Waals surface area (Å²) < 4.78 is 0. The van der Waals surface area contributed by atoms with Gasteiger partial charge in [-0.05, 0) is 43.6 Å². The molecule has 1 aliphatic rings. The van der Waals surface area contributed by atoms with E-state index >= 15 is 0 Å². The van der Waals surface area contributed by atoms with Crippen LogP contribution >= 0.6 is 0 Å². The maximum Gasteiger partial charge on any atom is 0.135 e. The van der Waals surface area contributed by atoms with Crippen LogP contribution in [-0.2, 0) is 11.2 Å². The summed E-state index contributed by atoms with van der Waals surface area (Å²) in [5.74, 6) is 1.60. The predicted molar refractivity (Wildman–Crippen MR) is 70.9 cm³/mol. The molecule has 1 fully saturated rings. The number of carbonyl (C=O) groups excluding carboxylic acids is 1. The van der Waals surface area contributed by atoms with Crippen LogP contribution < -0.4 is 0 Å². The quantitative estimate of drug-likeness (QED) is 0.763. The van der Waals surface area contributed by atoms with E-state index in [-0.39, 0.29) is 0 Å². The van der Waals surface area contributed by atoms with E-state index in [9.17, 15) is 4.79 Å². The Morgan fingerprint density at radius 2 is 2.00 bits per heavy atom. The average molecular weight is 230 g/mol. The molecule has 2 atom stereocenters. The fraction of sp³-hybridized carbons (Fsp3) is 0.562. The fourth-order valence-electron chi connectivity index (χ4n) is 2.80. The lowest BCUT2D eigenvalue weighted by Gasteiger charge is -2.25. The molecule has 1 heteroatoms. The highest BCUT2D eigenvalue weighted by atomic mass is 16.1. The first kappa shape index (κ1) is 12.3. The van der Waals surface area contributed by atoms with E-state index in [1.54, 1.807) is 0 Å². The zero-order valence-corrected chi connectivity index (χ0v) is 10.7. The summed E-state index contributed by atoms with van der Waals surface area (Å²) >= 11 is 0. The van der Waals surface area contributed by atoms with Gasteiger partial charge in [0.25, 0.3) is 0 Å². The Morgan fingerprint density at radius 3 is 2.76 bits per heavy atom. The minimum absolute atomic E-state index is 0.350. The number of aryl methyl sites for hydroxylation is 1. The van der Waals surface area contributed by atoms with E-state index in [0.717, 1.165) is 44.4 Å². The second-order valence-corrected chi connectivity index (χ2v) is 5.42. The van der Waals surface area contributed by atoms with Gasteiger partial charge in [0.2, 0.25) is 0 Å². The van der Waals surface area contributed by atoms with Crippen molar-refractivity contribution in [1.29, 1.82) is 0 Å². The van der Waals surface area contributed by atoms with Crippen molar-refractivity contribution in [2.24, 2.45) is 11.8 Å². The van der Waals surface area contributed by atoms with Gasteiger partial charge >= 0.3 is 0 Å². The van der Waals surface area contributed by atoms with E-state index in [2.05, 4.69) is 37.3 Å². The van der Waals surface area contributed by atoms with E-state index < -0.39 is 0 Å². The number of Topliss-reactive ketones (excluding diaryl/α,β-unsaturated/α-hetero) is 1. The molecule has 0 heterocycles. The minimum atomic E-state index is 0.350. The van der Waals surface area contributed by atoms with Gasteiger partial charge in [-0.2, -0.15) is 0 Å². The Hall–Kier alpha value is -1.11. The van der Waals surface area contributed by atoms with Crippen LogP contribution in [0.2, 0.25) is 0 Å². The van der Waals surface area contributed by atoms with Crippen LogP contribution in [0.3, 0.4) is 0 Å². The molecule has 2 rings (SSSR count). The summed E-state index contributed by atoms with van der Waals surface area (Å²) in [5.41, 5.74) is 1.39. The maximum atomic E-state index is 11.8. The van der Waals surface area contributed by atoms with Gasteiger partial charge in [0.1, 0.15) is 5.78 Å². The molecule has 2 unspecified atom stereocenters. The second kappa shape index (κ2) is 6.00. The average Bonchev–Trinajstić information content (AvgIpc) is 2.35.